The van der Waals surface area contributed by atoms with Gasteiger partial charge in [-0.1, -0.05) is 0 Å². The third-order valence-corrected chi connectivity index (χ3v) is 6.74. The van der Waals surface area contributed by atoms with Gasteiger partial charge in [0.05, 0.1) is 12.8 Å². The number of nitrogens with one attached hydrogen (secondary N) is 1. The summed E-state index contributed by atoms with van der Waals surface area (Å²) < 4.78 is 0. The van der Waals surface area contributed by atoms with E-state index in [1.54, 1.807) is 29.7 Å². The molecule has 3 heterocycles. The van der Waals surface area contributed by atoms with Crippen LogP contribution in [0.1, 0.15) is 47.8 Å². The Balaban J connectivity index is 1.55. The van der Waals surface area contributed by atoms with E-state index >= 15 is 0 Å². The molecule has 0 spiro atoms. The fourth-order valence-electron chi connectivity index (χ4n) is 4.18. The number of nitrogens with two attached hydrogens (primary N) is 1. The van der Waals surface area contributed by atoms with Crippen LogP contribution in [0.3, 0.4) is 0 Å². The average molecular weight is 462 g/mol. The van der Waals surface area contributed by atoms with Gasteiger partial charge in [-0.15, -0.1) is 0 Å². The number of carbonyl (C=O) groups is 2. The molecule has 1 aliphatic rings. The number of piperidine rings is 1. The van der Waals surface area contributed by atoms with E-state index in [1.807, 2.05) is 16.3 Å². The summed E-state index contributed by atoms with van der Waals surface area (Å²) in [6.45, 7) is 4.50. The van der Waals surface area contributed by atoms with Crippen LogP contribution >= 0.6 is 11.3 Å². The highest BCUT2D eigenvalue weighted by Gasteiger charge is 2.30. The molecule has 0 saturated carbocycles. The molecule has 174 valence electrons. The predicted octanol–water partition coefficient (Wildman–Crippen LogP) is 1.90. The van der Waals surface area contributed by atoms with Gasteiger partial charge in [0.15, 0.2) is 0 Å². The Morgan fingerprint density at radius 3 is 2.84 bits per heavy atom. The van der Waals surface area contributed by atoms with Crippen molar-refractivity contribution in [1.82, 2.24) is 20.3 Å². The van der Waals surface area contributed by atoms with Crippen LogP contribution in [-0.4, -0.2) is 59.0 Å². The lowest BCUT2D eigenvalue weighted by Gasteiger charge is -2.40. The summed E-state index contributed by atoms with van der Waals surface area (Å²) in [5, 5.41) is 15.0. The second kappa shape index (κ2) is 12.0. The number of urea groups is 1. The van der Waals surface area contributed by atoms with Crippen LogP contribution in [-0.2, 0) is 17.8 Å². The molecule has 0 radical (unpaired) electrons. The molecule has 1 fully saturated rings. The number of aryl methyl sites for hydroxylation is 1. The minimum Gasteiger partial charge on any atom is -0.628 e. The second-order valence-corrected chi connectivity index (χ2v) is 8.79. The van der Waals surface area contributed by atoms with E-state index in [0.29, 0.717) is 35.7 Å². The van der Waals surface area contributed by atoms with E-state index in [-0.39, 0.29) is 12.1 Å². The highest BCUT2D eigenvalue weighted by Crippen LogP contribution is 2.23. The van der Waals surface area contributed by atoms with Gasteiger partial charge in [0.25, 0.3) is 0 Å². The molecule has 0 unspecified atom stereocenters. The number of aromatic nitrogens is 1. The molecule has 0 bridgehead atoms. The van der Waals surface area contributed by atoms with Crippen molar-refractivity contribution in [3.63, 3.8) is 0 Å². The summed E-state index contributed by atoms with van der Waals surface area (Å²) in [6, 6.07) is 5.60. The van der Waals surface area contributed by atoms with Crippen molar-refractivity contribution >= 4 is 23.3 Å². The minimum atomic E-state index is -0.526. The van der Waals surface area contributed by atoms with Crippen molar-refractivity contribution in [1.29, 1.82) is 0 Å². The molecular weight excluding hydrogens is 430 g/mol. The molecule has 1 aliphatic heterocycles. The van der Waals surface area contributed by atoms with Crippen molar-refractivity contribution in [3.05, 3.63) is 57.2 Å². The molecule has 3 amide bonds. The summed E-state index contributed by atoms with van der Waals surface area (Å²) in [5.41, 5.74) is 4.99. The highest BCUT2D eigenvalue weighted by atomic mass is 32.1. The molecule has 0 aliphatic carbocycles. The summed E-state index contributed by atoms with van der Waals surface area (Å²) in [5.74, 6) is -0.526. The number of rotatable bonds is 9. The van der Waals surface area contributed by atoms with Gasteiger partial charge in [0, 0.05) is 37.9 Å². The Hall–Kier alpha value is -2.37. The van der Waals surface area contributed by atoms with Crippen LogP contribution in [0.4, 0.5) is 4.79 Å². The maximum atomic E-state index is 12.6. The number of hydrogen-bond acceptors (Lipinski definition) is 7. The highest BCUT2D eigenvalue weighted by molar-refractivity contribution is 7.07. The number of primary amides is 1. The maximum Gasteiger partial charge on any atom is 0.344 e. The number of pyridine rings is 1. The van der Waals surface area contributed by atoms with Crippen LogP contribution in [0.15, 0.2) is 35.2 Å². The van der Waals surface area contributed by atoms with Crippen molar-refractivity contribution in [3.8, 4) is 0 Å². The van der Waals surface area contributed by atoms with Gasteiger partial charge in [-0.05, 0) is 67.1 Å². The van der Waals surface area contributed by atoms with Gasteiger partial charge in [-0.25, -0.2) is 15.1 Å². The number of likely N-dealkylation sites (tertiary alicyclic amines) is 1. The molecule has 2 aromatic heterocycles. The van der Waals surface area contributed by atoms with E-state index in [0.717, 1.165) is 37.9 Å². The van der Waals surface area contributed by atoms with Crippen LogP contribution < -0.4 is 11.0 Å². The average Bonchev–Trinajstić information content (AvgIpc) is 3.34. The van der Waals surface area contributed by atoms with E-state index < -0.39 is 5.91 Å². The van der Waals surface area contributed by atoms with Gasteiger partial charge in [0.1, 0.15) is 5.56 Å². The van der Waals surface area contributed by atoms with Gasteiger partial charge in [-0.2, -0.15) is 11.3 Å². The molecule has 3 N–H and O–H groups in total. The zero-order valence-electron chi connectivity index (χ0n) is 18.5. The number of hydrogen-bond donors (Lipinski definition) is 2. The third kappa shape index (κ3) is 6.33. The van der Waals surface area contributed by atoms with Crippen LogP contribution in [0.25, 0.3) is 0 Å². The maximum absolute atomic E-state index is 12.6. The first-order valence-electron chi connectivity index (χ1n) is 10.8. The Bertz CT molecular complexity index is 871. The lowest BCUT2D eigenvalue weighted by Crippen LogP contribution is -2.81. The topological polar surface area (TPSA) is 114 Å². The molecule has 0 aromatic carbocycles. The van der Waals surface area contributed by atoms with Crippen LogP contribution in [0.2, 0.25) is 0 Å². The van der Waals surface area contributed by atoms with Crippen LogP contribution in [0.5, 0.6) is 0 Å². The summed E-state index contributed by atoms with van der Waals surface area (Å²) in [6.07, 6.45) is 4.88. The number of amides is 3. The van der Waals surface area contributed by atoms with Gasteiger partial charge < -0.3 is 20.5 Å². The fraction of sp³-hybridized carbons (Fsp3) is 0.500. The smallest absolute Gasteiger partial charge is 0.344 e. The number of nitrogens with zero attached hydrogens (tertiary/aromatic N) is 3. The molecule has 32 heavy (non-hydrogen) atoms. The number of quaternary nitrogens is 1. The molecule has 2 aromatic rings. The normalized spacial score (nSPS) is 16.0. The first-order valence-corrected chi connectivity index (χ1v) is 11.8. The Morgan fingerprint density at radius 1 is 1.41 bits per heavy atom. The Kier molecular flexibility index (Phi) is 9.12. The summed E-state index contributed by atoms with van der Waals surface area (Å²) in [4.78, 5) is 37.9. The SMILES string of the molecule is CONC(=O)N(Cc1ccsc1)C1CCN([C@H](C)CCc2ncccc2C(=O)[NH2+][O-])CC1. The first kappa shape index (κ1) is 24.3. The minimum absolute atomic E-state index is 0.140. The standard InChI is InChI=1S/C22H31N5O4S/c1-16(5-6-20-19(21(28)24-30)4-3-10-23-20)26-11-7-18(8-12-26)27(22(29)25-31-2)14-17-9-13-32-15-17/h3-4,9-10,13,15-16,18H,5-8,11-12,14,24H2,1-2H3,(H,25,29)/t16-/m1/s1. The van der Waals surface area contributed by atoms with Gasteiger partial charge in [-0.3, -0.25) is 9.82 Å². The van der Waals surface area contributed by atoms with Crippen molar-refractivity contribution in [2.75, 3.05) is 20.2 Å². The van der Waals surface area contributed by atoms with Crippen molar-refractivity contribution < 1.29 is 19.9 Å². The number of carbonyl (C=O) groups excluding carboxylic acids is 2. The molecule has 1 saturated heterocycles. The number of hydroxylamine groups is 2. The molecule has 1 atom stereocenters. The Labute approximate surface area is 192 Å². The fourth-order valence-corrected chi connectivity index (χ4v) is 4.84. The summed E-state index contributed by atoms with van der Waals surface area (Å²) >= 11 is 1.62. The van der Waals surface area contributed by atoms with Crippen LogP contribution in [0, 0.1) is 5.21 Å². The quantitative estimate of drug-likeness (QED) is 0.552. The third-order valence-electron chi connectivity index (χ3n) is 6.01. The first-order chi connectivity index (χ1) is 15.5. The number of thiophene rings is 1. The second-order valence-electron chi connectivity index (χ2n) is 8.01. The van der Waals surface area contributed by atoms with Gasteiger partial charge >= 0.3 is 11.9 Å². The van der Waals surface area contributed by atoms with E-state index in [4.69, 9.17) is 4.84 Å². The largest absolute Gasteiger partial charge is 0.628 e. The van der Waals surface area contributed by atoms with E-state index in [2.05, 4.69) is 27.7 Å². The molecular formula is C22H31N5O4S. The zero-order valence-corrected chi connectivity index (χ0v) is 19.3. The lowest BCUT2D eigenvalue weighted by molar-refractivity contribution is -0.482. The lowest BCUT2D eigenvalue weighted by atomic mass is 9.99. The summed E-state index contributed by atoms with van der Waals surface area (Å²) in [7, 11) is 1.45. The molecule has 3 rings (SSSR count). The van der Waals surface area contributed by atoms with E-state index in [1.165, 1.54) is 7.11 Å². The van der Waals surface area contributed by atoms with Crippen molar-refractivity contribution in [2.24, 2.45) is 0 Å². The zero-order chi connectivity index (χ0) is 22.9. The monoisotopic (exact) mass is 461 g/mol. The predicted molar refractivity (Wildman–Crippen MR) is 122 cm³/mol. The van der Waals surface area contributed by atoms with E-state index in [9.17, 15) is 14.8 Å². The Morgan fingerprint density at radius 2 is 2.19 bits per heavy atom. The molecule has 10 heteroatoms. The van der Waals surface area contributed by atoms with Gasteiger partial charge in [0.2, 0.25) is 0 Å². The van der Waals surface area contributed by atoms with Crippen molar-refractivity contribution in [2.45, 2.75) is 51.2 Å². The molecule has 9 nitrogen and oxygen atoms in total.